The first-order chi connectivity index (χ1) is 9.31. The molecule has 0 aromatic carbocycles. The van der Waals surface area contributed by atoms with Gasteiger partial charge in [-0.05, 0) is 18.9 Å². The van der Waals surface area contributed by atoms with Gasteiger partial charge in [-0.1, -0.05) is 12.8 Å². The fourth-order valence-corrected chi connectivity index (χ4v) is 2.25. The first kappa shape index (κ1) is 13.8. The summed E-state index contributed by atoms with van der Waals surface area (Å²) in [6, 6.07) is 1.63. The maximum atomic E-state index is 11.9. The molecule has 1 aromatic heterocycles. The fraction of sp³-hybridized carbons (Fsp3) is 0.538. The van der Waals surface area contributed by atoms with Crippen LogP contribution in [0.5, 0.6) is 0 Å². The second-order valence-corrected chi connectivity index (χ2v) is 4.60. The van der Waals surface area contributed by atoms with Crippen LogP contribution < -0.4 is 16.6 Å². The largest absolute Gasteiger partial charge is 0.376 e. The molecule has 1 aromatic rings. The van der Waals surface area contributed by atoms with E-state index in [1.54, 1.807) is 12.3 Å². The third-order valence-corrected chi connectivity index (χ3v) is 3.26. The minimum Gasteiger partial charge on any atom is -0.376 e. The van der Waals surface area contributed by atoms with E-state index in [0.717, 1.165) is 12.8 Å². The number of carbonyl (C=O) groups is 1. The first-order valence-electron chi connectivity index (χ1n) is 6.61. The summed E-state index contributed by atoms with van der Waals surface area (Å²) in [5.74, 6) is 5.16. The molecule has 1 aliphatic rings. The molecule has 0 aliphatic heterocycles. The molecule has 6 heteroatoms. The molecule has 104 valence electrons. The van der Waals surface area contributed by atoms with Crippen LogP contribution in [0.2, 0.25) is 0 Å². The summed E-state index contributed by atoms with van der Waals surface area (Å²) in [5.41, 5.74) is 3.45. The smallest absolute Gasteiger partial charge is 0.253 e. The number of nitrogens with one attached hydrogen (secondary N) is 2. The highest BCUT2D eigenvalue weighted by Gasteiger charge is 2.15. The molecule has 1 fully saturated rings. The van der Waals surface area contributed by atoms with E-state index < -0.39 is 0 Å². The lowest BCUT2D eigenvalue weighted by Gasteiger charge is -2.12. The molecule has 0 spiro atoms. The van der Waals surface area contributed by atoms with Crippen molar-refractivity contribution >= 4 is 11.6 Å². The molecule has 0 unspecified atom stereocenters. The number of carbonyl (C=O) groups excluding carboxylic acids is 1. The summed E-state index contributed by atoms with van der Waals surface area (Å²) in [6.45, 7) is 1.05. The summed E-state index contributed by atoms with van der Waals surface area (Å²) in [7, 11) is 0. The molecule has 1 saturated carbocycles. The van der Waals surface area contributed by atoms with E-state index in [1.807, 2.05) is 0 Å². The second kappa shape index (κ2) is 7.06. The zero-order valence-corrected chi connectivity index (χ0v) is 10.9. The van der Waals surface area contributed by atoms with Crippen LogP contribution in [-0.4, -0.2) is 30.1 Å². The van der Waals surface area contributed by atoms with Gasteiger partial charge in [0.1, 0.15) is 0 Å². The van der Waals surface area contributed by atoms with Crippen molar-refractivity contribution in [1.82, 2.24) is 10.3 Å². The fourth-order valence-electron chi connectivity index (χ4n) is 2.25. The standard InChI is InChI=1S/C13H20N4O2/c14-17-12-9-15-6-5-11(12)13(18)16-7-8-19-10-3-1-2-4-10/h5-6,9-10,17H,1-4,7-8,14H2,(H,16,18). The number of amides is 1. The zero-order valence-electron chi connectivity index (χ0n) is 10.9. The van der Waals surface area contributed by atoms with E-state index in [9.17, 15) is 4.79 Å². The Hall–Kier alpha value is -1.66. The van der Waals surface area contributed by atoms with Crippen molar-refractivity contribution in [3.8, 4) is 0 Å². The first-order valence-corrected chi connectivity index (χ1v) is 6.61. The Kier molecular flexibility index (Phi) is 5.11. The summed E-state index contributed by atoms with van der Waals surface area (Å²) in [6.07, 6.45) is 8.23. The Balaban J connectivity index is 1.74. The molecule has 19 heavy (non-hydrogen) atoms. The van der Waals surface area contributed by atoms with E-state index in [4.69, 9.17) is 10.6 Å². The van der Waals surface area contributed by atoms with Gasteiger partial charge in [-0.3, -0.25) is 15.6 Å². The van der Waals surface area contributed by atoms with Gasteiger partial charge in [0.25, 0.3) is 5.91 Å². The lowest BCUT2D eigenvalue weighted by molar-refractivity contribution is 0.0582. The average Bonchev–Trinajstić information content (AvgIpc) is 2.96. The van der Waals surface area contributed by atoms with Crippen LogP contribution >= 0.6 is 0 Å². The van der Waals surface area contributed by atoms with Crippen LogP contribution in [0.4, 0.5) is 5.69 Å². The molecule has 0 radical (unpaired) electrons. The third kappa shape index (κ3) is 3.90. The number of aromatic nitrogens is 1. The normalized spacial score (nSPS) is 15.4. The average molecular weight is 264 g/mol. The number of anilines is 1. The highest BCUT2D eigenvalue weighted by Crippen LogP contribution is 2.20. The molecule has 1 heterocycles. The van der Waals surface area contributed by atoms with E-state index in [0.29, 0.717) is 30.5 Å². The predicted octanol–water partition coefficient (Wildman–Crippen LogP) is 1.06. The highest BCUT2D eigenvalue weighted by molar-refractivity contribution is 5.99. The molecular formula is C13H20N4O2. The lowest BCUT2D eigenvalue weighted by Crippen LogP contribution is -2.29. The van der Waals surface area contributed by atoms with Gasteiger partial charge in [0.15, 0.2) is 0 Å². The SMILES string of the molecule is NNc1cnccc1C(=O)NCCOC1CCCC1. The van der Waals surface area contributed by atoms with Crippen LogP contribution in [0, 0.1) is 0 Å². The summed E-state index contributed by atoms with van der Waals surface area (Å²) in [4.78, 5) is 15.8. The molecule has 1 amide bonds. The van der Waals surface area contributed by atoms with Crippen LogP contribution in [0.15, 0.2) is 18.5 Å². The molecule has 0 saturated heterocycles. The van der Waals surface area contributed by atoms with Crippen LogP contribution in [0.3, 0.4) is 0 Å². The van der Waals surface area contributed by atoms with Crippen LogP contribution in [0.25, 0.3) is 0 Å². The monoisotopic (exact) mass is 264 g/mol. The molecule has 0 bridgehead atoms. The van der Waals surface area contributed by atoms with E-state index in [2.05, 4.69) is 15.7 Å². The molecule has 6 nitrogen and oxygen atoms in total. The van der Waals surface area contributed by atoms with Crippen molar-refractivity contribution < 1.29 is 9.53 Å². The molecule has 4 N–H and O–H groups in total. The van der Waals surface area contributed by atoms with Gasteiger partial charge < -0.3 is 15.5 Å². The Morgan fingerprint density at radius 3 is 3.00 bits per heavy atom. The zero-order chi connectivity index (χ0) is 13.5. The summed E-state index contributed by atoms with van der Waals surface area (Å²) < 4.78 is 5.68. The van der Waals surface area contributed by atoms with Gasteiger partial charge in [0, 0.05) is 12.7 Å². The Labute approximate surface area is 112 Å². The van der Waals surface area contributed by atoms with Gasteiger partial charge in [0.2, 0.25) is 0 Å². The molecule has 0 atom stereocenters. The van der Waals surface area contributed by atoms with Gasteiger partial charge in [0.05, 0.1) is 30.2 Å². The van der Waals surface area contributed by atoms with E-state index in [1.165, 1.54) is 19.0 Å². The van der Waals surface area contributed by atoms with Gasteiger partial charge in [-0.2, -0.15) is 0 Å². The van der Waals surface area contributed by atoms with Gasteiger partial charge >= 0.3 is 0 Å². The topological polar surface area (TPSA) is 89.3 Å². The number of hydrogen-bond acceptors (Lipinski definition) is 5. The molecular weight excluding hydrogens is 244 g/mol. The van der Waals surface area contributed by atoms with Crippen molar-refractivity contribution in [2.24, 2.45) is 5.84 Å². The minimum absolute atomic E-state index is 0.176. The maximum Gasteiger partial charge on any atom is 0.253 e. The number of nitrogen functional groups attached to an aromatic ring is 1. The molecule has 1 aliphatic carbocycles. The maximum absolute atomic E-state index is 11.9. The molecule has 2 rings (SSSR count). The van der Waals surface area contributed by atoms with Crippen LogP contribution in [-0.2, 0) is 4.74 Å². The summed E-state index contributed by atoms with van der Waals surface area (Å²) in [5, 5.41) is 2.81. The van der Waals surface area contributed by atoms with Crippen molar-refractivity contribution in [2.45, 2.75) is 31.8 Å². The minimum atomic E-state index is -0.176. The van der Waals surface area contributed by atoms with Gasteiger partial charge in [-0.25, -0.2) is 0 Å². The highest BCUT2D eigenvalue weighted by atomic mass is 16.5. The number of pyridine rings is 1. The number of nitrogens with zero attached hydrogens (tertiary/aromatic N) is 1. The van der Waals surface area contributed by atoms with E-state index >= 15 is 0 Å². The quantitative estimate of drug-likeness (QED) is 0.406. The van der Waals surface area contributed by atoms with Crippen molar-refractivity contribution in [1.29, 1.82) is 0 Å². The van der Waals surface area contributed by atoms with Crippen molar-refractivity contribution in [3.63, 3.8) is 0 Å². The summed E-state index contributed by atoms with van der Waals surface area (Å²) >= 11 is 0. The van der Waals surface area contributed by atoms with Gasteiger partial charge in [-0.15, -0.1) is 0 Å². The number of rotatable bonds is 6. The van der Waals surface area contributed by atoms with E-state index in [-0.39, 0.29) is 5.91 Å². The Morgan fingerprint density at radius 2 is 2.26 bits per heavy atom. The van der Waals surface area contributed by atoms with Crippen molar-refractivity contribution in [2.75, 3.05) is 18.6 Å². The second-order valence-electron chi connectivity index (χ2n) is 4.60. The number of nitrogens with two attached hydrogens (primary N) is 1. The number of ether oxygens (including phenoxy) is 1. The predicted molar refractivity (Wildman–Crippen MR) is 72.6 cm³/mol. The van der Waals surface area contributed by atoms with Crippen LogP contribution in [0.1, 0.15) is 36.0 Å². The Morgan fingerprint density at radius 1 is 1.47 bits per heavy atom. The number of hydrazine groups is 1. The number of hydrogen-bond donors (Lipinski definition) is 3. The Bertz CT molecular complexity index is 419. The van der Waals surface area contributed by atoms with Crippen molar-refractivity contribution in [3.05, 3.63) is 24.0 Å². The lowest BCUT2D eigenvalue weighted by atomic mass is 10.2. The third-order valence-electron chi connectivity index (χ3n) is 3.26.